The zero-order chi connectivity index (χ0) is 60.6. The van der Waals surface area contributed by atoms with Gasteiger partial charge in [0.1, 0.15) is 34.5 Å². The van der Waals surface area contributed by atoms with Crippen molar-refractivity contribution in [3.63, 3.8) is 0 Å². The molecule has 0 saturated heterocycles. The van der Waals surface area contributed by atoms with Crippen LogP contribution in [0.5, 0.6) is 34.5 Å². The Morgan fingerprint density at radius 3 is 0.738 bits per heavy atom. The van der Waals surface area contributed by atoms with Crippen LogP contribution in [-0.2, 0) is 0 Å². The Morgan fingerprint density at radius 1 is 0.214 bits per heavy atom. The highest BCUT2D eigenvalue weighted by molar-refractivity contribution is 5.77. The Labute approximate surface area is 513 Å². The second kappa shape index (κ2) is 42.8. The predicted octanol–water partition coefficient (Wildman–Crippen LogP) is 23.7. The number of hydrogen-bond acceptors (Lipinski definition) is 6. The van der Waals surface area contributed by atoms with E-state index in [4.69, 9.17) is 28.4 Å². The van der Waals surface area contributed by atoms with Crippen LogP contribution in [0, 0.1) is 41.5 Å². The molecule has 0 unspecified atom stereocenters. The van der Waals surface area contributed by atoms with Gasteiger partial charge in [-0.05, 0) is 167 Å². The lowest BCUT2D eigenvalue weighted by atomic mass is 10.0. The number of rotatable bonds is 39. The van der Waals surface area contributed by atoms with Crippen molar-refractivity contribution in [2.75, 3.05) is 39.6 Å². The highest BCUT2D eigenvalue weighted by Gasteiger charge is 2.15. The summed E-state index contributed by atoms with van der Waals surface area (Å²) in [5.74, 6) is 5.90. The molecule has 84 heavy (non-hydrogen) atoms. The molecule has 6 nitrogen and oxygen atoms in total. The van der Waals surface area contributed by atoms with Crippen molar-refractivity contribution in [1.82, 2.24) is 0 Å². The van der Waals surface area contributed by atoms with Gasteiger partial charge in [-0.15, -0.1) is 0 Å². The lowest BCUT2D eigenvalue weighted by Gasteiger charge is -2.17. The quantitative estimate of drug-likeness (QED) is 0.0359. The molecule has 462 valence electrons. The molecule has 6 aromatic rings. The molecular formula is C78H114O6. The first-order valence-electron chi connectivity index (χ1n) is 33.4. The first-order chi connectivity index (χ1) is 41.0. The van der Waals surface area contributed by atoms with Crippen LogP contribution in [0.3, 0.4) is 0 Å². The van der Waals surface area contributed by atoms with Gasteiger partial charge in [0.05, 0.1) is 39.6 Å². The van der Waals surface area contributed by atoms with Crippen molar-refractivity contribution in [3.8, 4) is 67.9 Å². The van der Waals surface area contributed by atoms with E-state index in [-0.39, 0.29) is 0 Å². The van der Waals surface area contributed by atoms with E-state index < -0.39 is 0 Å². The number of benzene rings is 6. The Kier molecular flexibility index (Phi) is 36.0. The van der Waals surface area contributed by atoms with Crippen LogP contribution in [0.4, 0.5) is 0 Å². The molecule has 0 heterocycles. The van der Waals surface area contributed by atoms with Crippen molar-refractivity contribution < 1.29 is 28.4 Å². The molecule has 0 fully saturated rings. The summed E-state index contributed by atoms with van der Waals surface area (Å²) >= 11 is 0. The van der Waals surface area contributed by atoms with Crippen molar-refractivity contribution >= 4 is 0 Å². The molecule has 0 saturated carbocycles. The fourth-order valence-corrected chi connectivity index (χ4v) is 9.99. The summed E-state index contributed by atoms with van der Waals surface area (Å²) < 4.78 is 36.8. The van der Waals surface area contributed by atoms with Gasteiger partial charge in [-0.25, -0.2) is 0 Å². The molecule has 0 spiro atoms. The third-order valence-electron chi connectivity index (χ3n) is 15.4. The lowest BCUT2D eigenvalue weighted by Crippen LogP contribution is -2.02. The first kappa shape index (κ1) is 70.6. The summed E-state index contributed by atoms with van der Waals surface area (Å²) in [7, 11) is 0. The summed E-state index contributed by atoms with van der Waals surface area (Å²) in [4.78, 5) is 0. The molecule has 0 bridgehead atoms. The van der Waals surface area contributed by atoms with E-state index in [0.29, 0.717) is 0 Å². The summed E-state index contributed by atoms with van der Waals surface area (Å²) in [5.41, 5.74) is 14.2. The molecule has 0 radical (unpaired) electrons. The van der Waals surface area contributed by atoms with Crippen LogP contribution in [-0.4, -0.2) is 39.6 Å². The van der Waals surface area contributed by atoms with Crippen molar-refractivity contribution in [2.24, 2.45) is 0 Å². The number of aryl methyl sites for hydroxylation is 6. The van der Waals surface area contributed by atoms with Gasteiger partial charge in [-0.1, -0.05) is 230 Å². The van der Waals surface area contributed by atoms with E-state index in [2.05, 4.69) is 192 Å². The maximum atomic E-state index is 6.21. The van der Waals surface area contributed by atoms with Gasteiger partial charge in [0.2, 0.25) is 0 Å². The smallest absolute Gasteiger partial charge is 0.127 e. The number of ether oxygens (including phenoxy) is 6. The Bertz CT molecular complexity index is 2580. The minimum atomic E-state index is 0.773. The minimum Gasteiger partial charge on any atom is -0.493 e. The minimum absolute atomic E-state index is 0.773. The molecule has 0 aromatic heterocycles. The van der Waals surface area contributed by atoms with E-state index in [1.165, 1.54) is 160 Å². The normalized spacial score (nSPS) is 10.9. The Hall–Kier alpha value is -5.88. The van der Waals surface area contributed by atoms with Gasteiger partial charge in [0.15, 0.2) is 0 Å². The van der Waals surface area contributed by atoms with Gasteiger partial charge >= 0.3 is 0 Å². The van der Waals surface area contributed by atoms with E-state index in [1.807, 2.05) is 0 Å². The van der Waals surface area contributed by atoms with Gasteiger partial charge < -0.3 is 28.4 Å². The average molecular weight is 1150 g/mol. The van der Waals surface area contributed by atoms with Crippen LogP contribution >= 0.6 is 0 Å². The van der Waals surface area contributed by atoms with Crippen molar-refractivity contribution in [3.05, 3.63) is 143 Å². The fraction of sp³-hybridized carbons (Fsp3) is 0.538. The third-order valence-corrected chi connectivity index (χ3v) is 15.4. The fourth-order valence-electron chi connectivity index (χ4n) is 9.99. The summed E-state index contributed by atoms with van der Waals surface area (Å²) in [5, 5.41) is 0. The standard InChI is InChI=1S/3C26H38O2/c1-5-7-9-11-17-27-25-20-23(15-14-22(25)4)24-16-13-21(3)19-26(24)28-18-12-10-8-6-2;1-5-7-9-11-17-27-25-19-23(15-13-21(25)3)24-16-14-22(4)26(20-24)28-18-12-10-8-6-2;1-5-7-9-11-17-27-25-19-21(3)13-15-23(25)24-16-14-22(4)20-26(24)28-18-12-10-8-6-2/h3*13-16,19-20H,5-12,17-18H2,1-4H3. The third kappa shape index (κ3) is 27.0. The number of hydrogen-bond donors (Lipinski definition) is 0. The van der Waals surface area contributed by atoms with Crippen molar-refractivity contribution in [2.45, 2.75) is 237 Å². The highest BCUT2D eigenvalue weighted by atomic mass is 16.5. The molecule has 0 atom stereocenters. The van der Waals surface area contributed by atoms with Crippen LogP contribution in [0.25, 0.3) is 33.4 Å². The van der Waals surface area contributed by atoms with Gasteiger partial charge in [0.25, 0.3) is 0 Å². The molecule has 0 amide bonds. The SMILES string of the molecule is CCCCCCOc1cc(-c2ccc(C)c(OCCCCCC)c2)ccc1C.CCCCCCOc1cc(-c2ccc(C)cc2OCCCCCC)ccc1C.CCCCCCOc1cc(C)ccc1-c1ccc(C)cc1OCCCCCC. The van der Waals surface area contributed by atoms with E-state index in [1.54, 1.807) is 0 Å². The highest BCUT2D eigenvalue weighted by Crippen LogP contribution is 2.39. The molecule has 6 heteroatoms. The second-order valence-electron chi connectivity index (χ2n) is 23.4. The lowest BCUT2D eigenvalue weighted by molar-refractivity contribution is 0.302. The van der Waals surface area contributed by atoms with Crippen LogP contribution in [0.15, 0.2) is 109 Å². The van der Waals surface area contributed by atoms with E-state index in [0.717, 1.165) is 135 Å². The van der Waals surface area contributed by atoms with E-state index >= 15 is 0 Å². The Morgan fingerprint density at radius 2 is 0.452 bits per heavy atom. The molecular weight excluding hydrogens is 1030 g/mol. The topological polar surface area (TPSA) is 55.4 Å². The van der Waals surface area contributed by atoms with Gasteiger partial charge in [-0.3, -0.25) is 0 Å². The molecule has 0 aliphatic rings. The summed E-state index contributed by atoms with van der Waals surface area (Å²) in [6, 6.07) is 38.9. The van der Waals surface area contributed by atoms with Crippen LogP contribution < -0.4 is 28.4 Å². The number of unbranched alkanes of at least 4 members (excludes halogenated alkanes) is 18. The van der Waals surface area contributed by atoms with E-state index in [9.17, 15) is 0 Å². The Balaban J connectivity index is 0.000000270. The maximum absolute atomic E-state index is 6.21. The molecule has 0 aliphatic heterocycles. The summed E-state index contributed by atoms with van der Waals surface area (Å²) in [6.07, 6.45) is 29.3. The van der Waals surface area contributed by atoms with Crippen LogP contribution in [0.1, 0.15) is 229 Å². The monoisotopic (exact) mass is 1150 g/mol. The largest absolute Gasteiger partial charge is 0.493 e. The van der Waals surface area contributed by atoms with Crippen LogP contribution in [0.2, 0.25) is 0 Å². The molecule has 0 aliphatic carbocycles. The predicted molar refractivity (Wildman–Crippen MR) is 362 cm³/mol. The first-order valence-corrected chi connectivity index (χ1v) is 33.4. The maximum Gasteiger partial charge on any atom is 0.127 e. The zero-order valence-corrected chi connectivity index (χ0v) is 55.1. The van der Waals surface area contributed by atoms with Gasteiger partial charge in [0, 0.05) is 16.7 Å². The zero-order valence-electron chi connectivity index (χ0n) is 55.1. The average Bonchev–Trinajstić information content (AvgIpc) is 3.53. The molecule has 6 aromatic carbocycles. The molecule has 6 rings (SSSR count). The molecule has 0 N–H and O–H groups in total. The summed E-state index contributed by atoms with van der Waals surface area (Å²) in [6.45, 7) is 30.8. The van der Waals surface area contributed by atoms with Crippen molar-refractivity contribution in [1.29, 1.82) is 0 Å². The second-order valence-corrected chi connectivity index (χ2v) is 23.4. The van der Waals surface area contributed by atoms with Gasteiger partial charge in [-0.2, -0.15) is 0 Å².